The van der Waals surface area contributed by atoms with E-state index in [4.69, 9.17) is 14.2 Å². The lowest BCUT2D eigenvalue weighted by atomic mass is 9.61. The van der Waals surface area contributed by atoms with Crippen LogP contribution in [0.1, 0.15) is 43.7 Å². The molecular formula is C22H26NO5+. The van der Waals surface area contributed by atoms with Gasteiger partial charge in [0.2, 0.25) is 0 Å². The first-order chi connectivity index (χ1) is 13.5. The molecule has 0 radical (unpaired) electrons. The minimum absolute atomic E-state index is 0.112. The molecule has 1 spiro atoms. The van der Waals surface area contributed by atoms with E-state index < -0.39 is 17.7 Å². The average Bonchev–Trinajstić information content (AvgIpc) is 3.22. The molecule has 5 rings (SSSR count). The molecule has 2 fully saturated rings. The van der Waals surface area contributed by atoms with Crippen LogP contribution in [0.25, 0.3) is 0 Å². The highest BCUT2D eigenvalue weighted by Crippen LogP contribution is 2.62. The molecule has 148 valence electrons. The summed E-state index contributed by atoms with van der Waals surface area (Å²) in [6.45, 7) is 9.99. The van der Waals surface area contributed by atoms with Crippen LogP contribution in [-0.4, -0.2) is 53.8 Å². The topological polar surface area (TPSA) is 61.8 Å². The summed E-state index contributed by atoms with van der Waals surface area (Å²) in [6, 6.07) is 4.09. The van der Waals surface area contributed by atoms with Crippen molar-refractivity contribution < 1.29 is 28.3 Å². The van der Waals surface area contributed by atoms with E-state index in [1.165, 1.54) is 12.5 Å². The molecule has 1 saturated carbocycles. The normalized spacial score (nSPS) is 37.1. The summed E-state index contributed by atoms with van der Waals surface area (Å²) in [4.78, 5) is 24.3. The summed E-state index contributed by atoms with van der Waals surface area (Å²) in [5.74, 6) is 0.548. The Bertz CT molecular complexity index is 895. The van der Waals surface area contributed by atoms with Gasteiger partial charge in [-0.05, 0) is 31.1 Å². The van der Waals surface area contributed by atoms with Crippen LogP contribution in [0.4, 0.5) is 0 Å². The van der Waals surface area contributed by atoms with Crippen LogP contribution in [-0.2, 0) is 20.7 Å². The number of nitrogens with zero attached hydrogens (tertiary/aromatic N) is 1. The molecule has 0 aromatic heterocycles. The van der Waals surface area contributed by atoms with Crippen LogP contribution in [0.2, 0.25) is 0 Å². The number of likely N-dealkylation sites (N-methyl/N-ethyl adjacent to an activating group) is 1. The minimum atomic E-state index is -0.553. The van der Waals surface area contributed by atoms with Crippen molar-refractivity contribution in [1.29, 1.82) is 0 Å². The second kappa shape index (κ2) is 5.91. The van der Waals surface area contributed by atoms with Crippen LogP contribution >= 0.6 is 0 Å². The first-order valence-electron chi connectivity index (χ1n) is 10.1. The van der Waals surface area contributed by atoms with Gasteiger partial charge in [-0.1, -0.05) is 12.6 Å². The number of Topliss-reactive ketones (excluding diaryl/α,β-unsaturated/α-hetero) is 1. The highest BCUT2D eigenvalue weighted by atomic mass is 16.6. The maximum atomic E-state index is 12.8. The number of benzene rings is 1. The summed E-state index contributed by atoms with van der Waals surface area (Å²) in [6.07, 6.45) is 3.47. The Balaban J connectivity index is 1.70. The standard InChI is InChI=1S/C22H26NO5/c1-4-10-23(5-2)12-26-22-9-8-15(25)20-19(22)18-14(11-17(22)23)6-7-16(21(18)28-20)27-13(3)24/h4,6-7,17,19-20H,1,5,8-12H2,2-3H3/q+1/t17-,19?,20+,22-,23?/m1/s1. The second-order valence-corrected chi connectivity index (χ2v) is 8.50. The molecule has 0 N–H and O–H groups in total. The number of carbonyl (C=O) groups is 2. The predicted octanol–water partition coefficient (Wildman–Crippen LogP) is 2.49. The van der Waals surface area contributed by atoms with Crippen molar-refractivity contribution in [3.63, 3.8) is 0 Å². The average molecular weight is 384 g/mol. The third kappa shape index (κ3) is 2.10. The number of ether oxygens (including phenoxy) is 3. The van der Waals surface area contributed by atoms with E-state index in [0.717, 1.165) is 36.0 Å². The largest absolute Gasteiger partial charge is 0.478 e. The molecule has 1 aromatic rings. The minimum Gasteiger partial charge on any atom is -0.478 e. The maximum absolute atomic E-state index is 12.8. The summed E-state index contributed by atoms with van der Waals surface area (Å²) in [5, 5.41) is 0. The zero-order valence-electron chi connectivity index (χ0n) is 16.4. The Morgan fingerprint density at radius 2 is 2.29 bits per heavy atom. The lowest BCUT2D eigenvalue weighted by Gasteiger charge is -2.49. The van der Waals surface area contributed by atoms with Crippen molar-refractivity contribution in [2.75, 3.05) is 19.8 Å². The third-order valence-electron chi connectivity index (χ3n) is 7.32. The van der Waals surface area contributed by atoms with Gasteiger partial charge in [0.25, 0.3) is 0 Å². The molecule has 1 aromatic carbocycles. The Hall–Kier alpha value is -2.18. The molecule has 0 bridgehead atoms. The molecule has 2 unspecified atom stereocenters. The van der Waals surface area contributed by atoms with Gasteiger partial charge in [-0.25, -0.2) is 0 Å². The Labute approximate surface area is 164 Å². The van der Waals surface area contributed by atoms with E-state index in [1.807, 2.05) is 12.1 Å². The van der Waals surface area contributed by atoms with E-state index in [9.17, 15) is 9.59 Å². The molecule has 6 heteroatoms. The first-order valence-corrected chi connectivity index (χ1v) is 10.1. The van der Waals surface area contributed by atoms with Gasteiger partial charge in [-0.15, -0.1) is 0 Å². The van der Waals surface area contributed by atoms with Crippen LogP contribution < -0.4 is 9.47 Å². The summed E-state index contributed by atoms with van der Waals surface area (Å²) >= 11 is 0. The van der Waals surface area contributed by atoms with Crippen molar-refractivity contribution >= 4 is 11.8 Å². The fourth-order valence-electron chi connectivity index (χ4n) is 6.10. The van der Waals surface area contributed by atoms with Crippen LogP contribution in [0.15, 0.2) is 24.8 Å². The first kappa shape index (κ1) is 17.9. The molecule has 28 heavy (non-hydrogen) atoms. The van der Waals surface area contributed by atoms with Gasteiger partial charge in [0.1, 0.15) is 11.6 Å². The number of rotatable bonds is 4. The van der Waals surface area contributed by atoms with Gasteiger partial charge in [-0.2, -0.15) is 0 Å². The smallest absolute Gasteiger partial charge is 0.308 e. The fraction of sp³-hybridized carbons (Fsp3) is 0.545. The Kier molecular flexibility index (Phi) is 3.77. The van der Waals surface area contributed by atoms with Gasteiger partial charge >= 0.3 is 5.97 Å². The van der Waals surface area contributed by atoms with Crippen LogP contribution in [0, 0.1) is 0 Å². The molecular weight excluding hydrogens is 358 g/mol. The van der Waals surface area contributed by atoms with Crippen molar-refractivity contribution in [2.45, 2.75) is 56.8 Å². The summed E-state index contributed by atoms with van der Waals surface area (Å²) in [7, 11) is 0. The van der Waals surface area contributed by atoms with Gasteiger partial charge in [0.15, 0.2) is 30.1 Å². The monoisotopic (exact) mass is 384 g/mol. The van der Waals surface area contributed by atoms with E-state index in [2.05, 4.69) is 13.5 Å². The van der Waals surface area contributed by atoms with Crippen molar-refractivity contribution in [1.82, 2.24) is 0 Å². The zero-order chi connectivity index (χ0) is 19.7. The van der Waals surface area contributed by atoms with Crippen LogP contribution in [0.3, 0.4) is 0 Å². The van der Waals surface area contributed by atoms with E-state index in [0.29, 0.717) is 24.7 Å². The van der Waals surface area contributed by atoms with E-state index in [-0.39, 0.29) is 17.7 Å². The maximum Gasteiger partial charge on any atom is 0.308 e. The quantitative estimate of drug-likeness (QED) is 0.345. The van der Waals surface area contributed by atoms with Gasteiger partial charge in [0, 0.05) is 25.3 Å². The lowest BCUT2D eigenvalue weighted by molar-refractivity contribution is -0.941. The SMILES string of the molecule is C=CC[N+]1(CC)CO[C@@]23CCC(=O)[C@@H]4Oc5c(OC(C)=O)ccc(c5C42)C[C@H]31. The summed E-state index contributed by atoms with van der Waals surface area (Å²) in [5.41, 5.74) is 1.78. The lowest BCUT2D eigenvalue weighted by Crippen LogP contribution is -2.64. The number of quaternary nitrogens is 1. The van der Waals surface area contributed by atoms with Crippen molar-refractivity contribution in [2.24, 2.45) is 0 Å². The van der Waals surface area contributed by atoms with Crippen molar-refractivity contribution in [3.8, 4) is 11.5 Å². The highest BCUT2D eigenvalue weighted by molar-refractivity contribution is 5.88. The van der Waals surface area contributed by atoms with Gasteiger partial charge < -0.3 is 14.2 Å². The molecule has 2 aliphatic heterocycles. The highest BCUT2D eigenvalue weighted by Gasteiger charge is 2.70. The van der Waals surface area contributed by atoms with Crippen molar-refractivity contribution in [3.05, 3.63) is 35.9 Å². The molecule has 0 amide bonds. The van der Waals surface area contributed by atoms with E-state index in [1.54, 1.807) is 6.07 Å². The predicted molar refractivity (Wildman–Crippen MR) is 101 cm³/mol. The van der Waals surface area contributed by atoms with Gasteiger partial charge in [-0.3, -0.25) is 14.1 Å². The molecule has 2 aliphatic carbocycles. The molecule has 1 saturated heterocycles. The number of esters is 1. The fourth-order valence-corrected chi connectivity index (χ4v) is 6.10. The molecule has 5 atom stereocenters. The molecule has 2 heterocycles. The van der Waals surface area contributed by atoms with Gasteiger partial charge in [0.05, 0.1) is 19.0 Å². The molecule has 6 nitrogen and oxygen atoms in total. The van der Waals surface area contributed by atoms with E-state index >= 15 is 0 Å². The number of hydrogen-bond acceptors (Lipinski definition) is 5. The Morgan fingerprint density at radius 1 is 1.46 bits per heavy atom. The Morgan fingerprint density at radius 3 is 3.00 bits per heavy atom. The summed E-state index contributed by atoms with van der Waals surface area (Å²) < 4.78 is 19.0. The second-order valence-electron chi connectivity index (χ2n) is 8.50. The number of hydrogen-bond donors (Lipinski definition) is 0. The molecule has 4 aliphatic rings. The third-order valence-corrected chi connectivity index (χ3v) is 7.32. The van der Waals surface area contributed by atoms with Crippen LogP contribution in [0.5, 0.6) is 11.5 Å². The zero-order valence-corrected chi connectivity index (χ0v) is 16.4. The number of ketones is 1. The number of carbonyl (C=O) groups excluding carboxylic acids is 2.